The topological polar surface area (TPSA) is 85.7 Å². The van der Waals surface area contributed by atoms with Gasteiger partial charge in [0.2, 0.25) is 0 Å². The molecule has 0 spiro atoms. The molecule has 0 bridgehead atoms. The number of thiocarbonyl (C=S) groups is 1. The molecule has 0 aromatic heterocycles. The van der Waals surface area contributed by atoms with Gasteiger partial charge in [0.25, 0.3) is 5.69 Å². The molecule has 8 heteroatoms. The number of anilines is 1. The van der Waals surface area contributed by atoms with Gasteiger partial charge in [-0.3, -0.25) is 10.1 Å². The van der Waals surface area contributed by atoms with Gasteiger partial charge in [0.05, 0.1) is 36.4 Å². The monoisotopic (exact) mass is 375 g/mol. The third kappa shape index (κ3) is 5.06. The van der Waals surface area contributed by atoms with Gasteiger partial charge in [-0.05, 0) is 49.8 Å². The summed E-state index contributed by atoms with van der Waals surface area (Å²) >= 11 is 5.34. The minimum Gasteiger partial charge on any atom is -0.494 e. The number of rotatable bonds is 7. The summed E-state index contributed by atoms with van der Waals surface area (Å²) < 4.78 is 10.6. The molecule has 1 unspecified atom stereocenters. The Morgan fingerprint density at radius 3 is 2.54 bits per heavy atom. The summed E-state index contributed by atoms with van der Waals surface area (Å²) in [5.74, 6) is 1.16. The lowest BCUT2D eigenvalue weighted by Crippen LogP contribution is -2.31. The maximum absolute atomic E-state index is 10.9. The van der Waals surface area contributed by atoms with Gasteiger partial charge in [-0.1, -0.05) is 12.1 Å². The number of nitro groups is 1. The van der Waals surface area contributed by atoms with Gasteiger partial charge in [0.15, 0.2) is 5.11 Å². The first-order valence-electron chi connectivity index (χ1n) is 8.07. The first-order chi connectivity index (χ1) is 12.4. The highest BCUT2D eigenvalue weighted by atomic mass is 32.1. The fourth-order valence-corrected chi connectivity index (χ4v) is 2.64. The Hall–Kier alpha value is -2.87. The molecule has 0 fully saturated rings. The molecule has 0 aliphatic rings. The molecule has 0 aliphatic heterocycles. The van der Waals surface area contributed by atoms with E-state index in [1.165, 1.54) is 19.2 Å². The quantitative estimate of drug-likeness (QED) is 0.429. The summed E-state index contributed by atoms with van der Waals surface area (Å²) in [5, 5.41) is 17.4. The molecule has 2 N–H and O–H groups in total. The van der Waals surface area contributed by atoms with Crippen LogP contribution in [-0.4, -0.2) is 23.8 Å². The molecule has 0 aliphatic carbocycles. The Bertz CT molecular complexity index is 781. The highest BCUT2D eigenvalue weighted by molar-refractivity contribution is 7.80. The predicted molar refractivity (Wildman–Crippen MR) is 105 cm³/mol. The molecule has 2 rings (SSSR count). The van der Waals surface area contributed by atoms with Crippen molar-refractivity contribution in [3.05, 3.63) is 58.1 Å². The number of nitrogens with zero attached hydrogens (tertiary/aromatic N) is 1. The van der Waals surface area contributed by atoms with Crippen LogP contribution in [0.15, 0.2) is 42.5 Å². The van der Waals surface area contributed by atoms with E-state index in [1.54, 1.807) is 6.07 Å². The van der Waals surface area contributed by atoms with Crippen LogP contribution in [0.5, 0.6) is 11.5 Å². The van der Waals surface area contributed by atoms with Crippen molar-refractivity contribution in [2.45, 2.75) is 19.9 Å². The summed E-state index contributed by atoms with van der Waals surface area (Å²) in [5.41, 5.74) is 1.55. The minimum absolute atomic E-state index is 0.0327. The minimum atomic E-state index is -0.475. The Labute approximate surface area is 157 Å². The Morgan fingerprint density at radius 1 is 1.27 bits per heavy atom. The molecular weight excluding hydrogens is 354 g/mol. The second-order valence-electron chi connectivity index (χ2n) is 5.46. The predicted octanol–water partition coefficient (Wildman–Crippen LogP) is 4.05. The normalized spacial score (nSPS) is 11.3. The molecule has 7 nitrogen and oxygen atoms in total. The van der Waals surface area contributed by atoms with Crippen molar-refractivity contribution in [3.63, 3.8) is 0 Å². The van der Waals surface area contributed by atoms with Crippen molar-refractivity contribution in [3.8, 4) is 11.5 Å². The molecule has 26 heavy (non-hydrogen) atoms. The van der Waals surface area contributed by atoms with Crippen LogP contribution in [0.1, 0.15) is 25.5 Å². The Balaban J connectivity index is 2.02. The number of hydrogen-bond acceptors (Lipinski definition) is 5. The number of benzene rings is 2. The first kappa shape index (κ1) is 19.5. The summed E-state index contributed by atoms with van der Waals surface area (Å²) in [6.45, 7) is 4.55. The van der Waals surface area contributed by atoms with Crippen LogP contribution in [0.2, 0.25) is 0 Å². The summed E-state index contributed by atoms with van der Waals surface area (Å²) in [6, 6.07) is 12.0. The van der Waals surface area contributed by atoms with Crippen molar-refractivity contribution in [1.82, 2.24) is 5.32 Å². The molecule has 1 atom stereocenters. The van der Waals surface area contributed by atoms with Gasteiger partial charge >= 0.3 is 0 Å². The zero-order chi connectivity index (χ0) is 19.1. The lowest BCUT2D eigenvalue weighted by molar-refractivity contribution is -0.384. The molecule has 0 radical (unpaired) electrons. The van der Waals surface area contributed by atoms with E-state index >= 15 is 0 Å². The zero-order valence-electron chi connectivity index (χ0n) is 14.8. The van der Waals surface area contributed by atoms with Gasteiger partial charge < -0.3 is 20.1 Å². The van der Waals surface area contributed by atoms with Crippen LogP contribution >= 0.6 is 12.2 Å². The zero-order valence-corrected chi connectivity index (χ0v) is 15.6. The van der Waals surface area contributed by atoms with Crippen molar-refractivity contribution in [2.24, 2.45) is 0 Å². The van der Waals surface area contributed by atoms with Crippen LogP contribution in [0.25, 0.3) is 0 Å². The molecule has 138 valence electrons. The first-order valence-corrected chi connectivity index (χ1v) is 8.48. The van der Waals surface area contributed by atoms with Crippen molar-refractivity contribution in [2.75, 3.05) is 19.0 Å². The lowest BCUT2D eigenvalue weighted by Gasteiger charge is -2.18. The van der Waals surface area contributed by atoms with Gasteiger partial charge in [0.1, 0.15) is 11.5 Å². The maximum atomic E-state index is 10.9. The average Bonchev–Trinajstić information content (AvgIpc) is 2.62. The van der Waals surface area contributed by atoms with Crippen molar-refractivity contribution in [1.29, 1.82) is 0 Å². The van der Waals surface area contributed by atoms with Crippen LogP contribution < -0.4 is 20.1 Å². The highest BCUT2D eigenvalue weighted by Crippen LogP contribution is 2.29. The maximum Gasteiger partial charge on any atom is 0.273 e. The van der Waals surface area contributed by atoms with Crippen LogP contribution in [-0.2, 0) is 0 Å². The largest absolute Gasteiger partial charge is 0.494 e. The summed E-state index contributed by atoms with van der Waals surface area (Å²) in [7, 11) is 1.45. The van der Waals surface area contributed by atoms with Gasteiger partial charge in [-0.25, -0.2) is 0 Å². The third-order valence-electron chi connectivity index (χ3n) is 3.68. The Kier molecular flexibility index (Phi) is 6.74. The number of hydrogen-bond donors (Lipinski definition) is 2. The standard InChI is InChI=1S/C18H21N3O4S/c1-4-25-15-8-5-13(6-9-15)12(2)19-18(26)20-16-10-7-14(21(22)23)11-17(16)24-3/h5-12H,4H2,1-3H3,(H2,19,20,26). The Morgan fingerprint density at radius 2 is 1.96 bits per heavy atom. The van der Waals surface area contributed by atoms with E-state index in [-0.39, 0.29) is 11.7 Å². The number of nitro benzene ring substituents is 1. The molecule has 0 amide bonds. The second-order valence-corrected chi connectivity index (χ2v) is 5.87. The van der Waals surface area contributed by atoms with E-state index in [9.17, 15) is 10.1 Å². The molecule has 2 aromatic rings. The van der Waals surface area contributed by atoms with Gasteiger partial charge in [0, 0.05) is 6.07 Å². The van der Waals surface area contributed by atoms with Crippen molar-refractivity contribution >= 4 is 28.7 Å². The van der Waals surface area contributed by atoms with E-state index < -0.39 is 4.92 Å². The highest BCUT2D eigenvalue weighted by Gasteiger charge is 2.13. The fraction of sp³-hybridized carbons (Fsp3) is 0.278. The van der Waals surface area contributed by atoms with E-state index in [0.29, 0.717) is 23.2 Å². The number of ether oxygens (including phenoxy) is 2. The molecular formula is C18H21N3O4S. The van der Waals surface area contributed by atoms with Crippen molar-refractivity contribution < 1.29 is 14.4 Å². The SMILES string of the molecule is CCOc1ccc(C(C)NC(=S)Nc2ccc([N+](=O)[O-])cc2OC)cc1. The average molecular weight is 375 g/mol. The van der Waals surface area contributed by atoms with E-state index in [4.69, 9.17) is 21.7 Å². The number of methoxy groups -OCH3 is 1. The van der Waals surface area contributed by atoms with E-state index in [1.807, 2.05) is 38.1 Å². The summed E-state index contributed by atoms with van der Waals surface area (Å²) in [4.78, 5) is 10.4. The summed E-state index contributed by atoms with van der Waals surface area (Å²) in [6.07, 6.45) is 0. The van der Waals surface area contributed by atoms with Gasteiger partial charge in [-0.15, -0.1) is 0 Å². The van der Waals surface area contributed by atoms with Crippen LogP contribution in [0.3, 0.4) is 0 Å². The molecule has 0 saturated heterocycles. The van der Waals surface area contributed by atoms with E-state index in [0.717, 1.165) is 11.3 Å². The number of non-ortho nitro benzene ring substituents is 1. The molecule has 2 aromatic carbocycles. The second kappa shape index (κ2) is 9.00. The van der Waals surface area contributed by atoms with Crippen LogP contribution in [0, 0.1) is 10.1 Å². The lowest BCUT2D eigenvalue weighted by atomic mass is 10.1. The smallest absolute Gasteiger partial charge is 0.273 e. The molecule has 0 heterocycles. The van der Waals surface area contributed by atoms with E-state index in [2.05, 4.69) is 10.6 Å². The third-order valence-corrected chi connectivity index (χ3v) is 3.90. The van der Waals surface area contributed by atoms with Crippen LogP contribution in [0.4, 0.5) is 11.4 Å². The molecule has 0 saturated carbocycles. The fourth-order valence-electron chi connectivity index (χ4n) is 2.35. The number of nitrogens with one attached hydrogen (secondary N) is 2. The van der Waals surface area contributed by atoms with Gasteiger partial charge in [-0.2, -0.15) is 0 Å².